The van der Waals surface area contributed by atoms with Crippen LogP contribution in [0.1, 0.15) is 46.6 Å². The van der Waals surface area contributed by atoms with Gasteiger partial charge in [0.2, 0.25) is 0 Å². The summed E-state index contributed by atoms with van der Waals surface area (Å²) in [5.74, 6) is 0. The van der Waals surface area contributed by atoms with Gasteiger partial charge in [0.1, 0.15) is 0 Å². The summed E-state index contributed by atoms with van der Waals surface area (Å²) in [6.45, 7) is 27.1. The van der Waals surface area contributed by atoms with E-state index in [1.54, 1.807) is 16.7 Å². The van der Waals surface area contributed by atoms with Crippen LogP contribution in [0.4, 0.5) is 0 Å². The number of rotatable bonds is 4. The van der Waals surface area contributed by atoms with E-state index in [0.717, 1.165) is 0 Å². The predicted molar refractivity (Wildman–Crippen MR) is 129 cm³/mol. The largest absolute Gasteiger partial charge is 0.454 e. The lowest BCUT2D eigenvalue weighted by Crippen LogP contribution is -2.75. The van der Waals surface area contributed by atoms with Crippen LogP contribution in [0, 0.1) is 0 Å². The van der Waals surface area contributed by atoms with E-state index >= 15 is 0 Å². The zero-order chi connectivity index (χ0) is 20.9. The van der Waals surface area contributed by atoms with Crippen molar-refractivity contribution in [3.05, 3.63) is 47.0 Å². The van der Waals surface area contributed by atoms with Crippen LogP contribution in [0.25, 0.3) is 0 Å². The maximum atomic E-state index is 7.52. The van der Waals surface area contributed by atoms with E-state index in [0.29, 0.717) is 0 Å². The van der Waals surface area contributed by atoms with Crippen molar-refractivity contribution in [2.75, 3.05) is 0 Å². The number of hydrogen-bond acceptors (Lipinski definition) is 1. The van der Waals surface area contributed by atoms with Gasteiger partial charge >= 0.3 is 0 Å². The van der Waals surface area contributed by atoms with E-state index < -0.39 is 24.7 Å². The molecule has 0 fully saturated rings. The molecule has 1 aromatic carbocycles. The Balaban J connectivity index is 2.99. The molecule has 1 heterocycles. The van der Waals surface area contributed by atoms with Gasteiger partial charge in [-0.2, -0.15) is 0 Å². The summed E-state index contributed by atoms with van der Waals surface area (Å²) in [7, 11) is -5.57. The Kier molecular flexibility index (Phi) is 6.03. The van der Waals surface area contributed by atoms with Crippen molar-refractivity contribution in [1.29, 1.82) is 0 Å². The summed E-state index contributed by atoms with van der Waals surface area (Å²) in [6, 6.07) is 12.7. The lowest BCUT2D eigenvalue weighted by molar-refractivity contribution is 0.423. The molecule has 4 heteroatoms. The minimum Gasteiger partial charge on any atom is -0.454 e. The molecule has 152 valence electrons. The monoisotopic (exact) mass is 418 g/mol. The summed E-state index contributed by atoms with van der Waals surface area (Å²) in [4.78, 5) is 0. The quantitative estimate of drug-likeness (QED) is 0.360. The first-order valence-corrected chi connectivity index (χ1v) is 19.5. The molecule has 0 spiro atoms. The molecule has 0 bridgehead atoms. The molecular weight excluding hydrogens is 377 g/mol. The van der Waals surface area contributed by atoms with Gasteiger partial charge in [-0.1, -0.05) is 81.9 Å². The van der Waals surface area contributed by atoms with Crippen LogP contribution >= 0.6 is 0 Å². The molecule has 0 aromatic heterocycles. The molecule has 1 aromatic rings. The van der Waals surface area contributed by atoms with Gasteiger partial charge in [-0.05, 0) is 56.6 Å². The summed E-state index contributed by atoms with van der Waals surface area (Å²) >= 11 is 0. The molecule has 0 saturated heterocycles. The highest BCUT2D eigenvalue weighted by atomic mass is 28.5. The van der Waals surface area contributed by atoms with Crippen LogP contribution in [-0.2, 0) is 8.78 Å². The van der Waals surface area contributed by atoms with Crippen molar-refractivity contribution in [3.63, 3.8) is 0 Å². The number of allylic oxidation sites excluding steroid dienone is 2. The summed E-state index contributed by atoms with van der Waals surface area (Å²) in [6.07, 6.45) is 1.19. The smallest absolute Gasteiger partial charge is 0.197 e. The average molecular weight is 419 g/mol. The van der Waals surface area contributed by atoms with Gasteiger partial charge in [-0.3, -0.25) is 0 Å². The van der Waals surface area contributed by atoms with Crippen LogP contribution < -0.4 is 0 Å². The van der Waals surface area contributed by atoms with Crippen molar-refractivity contribution >= 4 is 24.7 Å². The Labute approximate surface area is 171 Å². The number of benzene rings is 1. The van der Waals surface area contributed by atoms with E-state index in [1.807, 2.05) is 0 Å². The molecule has 0 saturated carbocycles. The van der Waals surface area contributed by atoms with Gasteiger partial charge in [0.15, 0.2) is 16.6 Å². The second kappa shape index (κ2) is 7.12. The van der Waals surface area contributed by atoms with Crippen molar-refractivity contribution in [3.8, 4) is 0 Å². The molecule has 0 unspecified atom stereocenters. The zero-order valence-corrected chi connectivity index (χ0v) is 22.7. The van der Waals surface area contributed by atoms with Gasteiger partial charge in [0.05, 0.1) is 8.07 Å². The Hall–Kier alpha value is -0.429. The Morgan fingerprint density at radius 3 is 1.81 bits per heavy atom. The fourth-order valence-electron chi connectivity index (χ4n) is 5.43. The fourth-order valence-corrected chi connectivity index (χ4v) is 24.7. The minimum absolute atomic E-state index is 0.186. The van der Waals surface area contributed by atoms with Gasteiger partial charge in [0, 0.05) is 4.66 Å². The van der Waals surface area contributed by atoms with Crippen molar-refractivity contribution in [1.82, 2.24) is 0 Å². The standard InChI is InChI=1S/C23H42OSi3/c1-19-17-23(25(6,7)8,21-15-13-12-14-16-21)27(18-20(19)2,22(3,4)5)24-26(9,10)11/h12-16H,17-18H2,1-11H3/t23-,27+/m0/s1. The van der Waals surface area contributed by atoms with Crippen molar-refractivity contribution < 1.29 is 4.12 Å². The molecular formula is C23H42OSi3. The third-order valence-electron chi connectivity index (χ3n) is 6.70. The third kappa shape index (κ3) is 3.87. The summed E-state index contributed by atoms with van der Waals surface area (Å²) in [5, 5.41) is 0.186. The lowest BCUT2D eigenvalue weighted by Gasteiger charge is -2.64. The molecule has 2 atom stereocenters. The van der Waals surface area contributed by atoms with Gasteiger partial charge in [-0.15, -0.1) is 0 Å². The van der Waals surface area contributed by atoms with Gasteiger partial charge in [-0.25, -0.2) is 0 Å². The first-order valence-electron chi connectivity index (χ1n) is 10.5. The maximum absolute atomic E-state index is 7.52. The molecule has 2 rings (SSSR count). The van der Waals surface area contributed by atoms with Crippen LogP contribution in [0.3, 0.4) is 0 Å². The second-order valence-corrected chi connectivity index (χ2v) is 27.0. The van der Waals surface area contributed by atoms with Crippen molar-refractivity contribution in [2.24, 2.45) is 0 Å². The average Bonchev–Trinajstić information content (AvgIpc) is 2.47. The molecule has 1 aliphatic rings. The van der Waals surface area contributed by atoms with Crippen LogP contribution in [0.2, 0.25) is 50.4 Å². The zero-order valence-electron chi connectivity index (χ0n) is 19.7. The van der Waals surface area contributed by atoms with Crippen LogP contribution in [0.15, 0.2) is 41.5 Å². The first-order chi connectivity index (χ1) is 12.1. The Morgan fingerprint density at radius 2 is 1.41 bits per heavy atom. The molecule has 27 heavy (non-hydrogen) atoms. The molecule has 1 aliphatic heterocycles. The Morgan fingerprint density at radius 1 is 0.889 bits per heavy atom. The van der Waals surface area contributed by atoms with Gasteiger partial charge in [0.25, 0.3) is 0 Å². The van der Waals surface area contributed by atoms with E-state index in [9.17, 15) is 0 Å². The minimum atomic E-state index is -2.21. The molecule has 0 amide bonds. The van der Waals surface area contributed by atoms with Crippen LogP contribution in [-0.4, -0.2) is 24.7 Å². The molecule has 1 nitrogen and oxygen atoms in total. The van der Waals surface area contributed by atoms with E-state index in [-0.39, 0.29) is 9.70 Å². The van der Waals surface area contributed by atoms with E-state index in [2.05, 4.69) is 104 Å². The topological polar surface area (TPSA) is 9.23 Å². The van der Waals surface area contributed by atoms with Crippen molar-refractivity contribution in [2.45, 2.75) is 96.1 Å². The first kappa shape index (κ1) is 22.9. The highest BCUT2D eigenvalue weighted by molar-refractivity contribution is 7.01. The lowest BCUT2D eigenvalue weighted by atomic mass is 10.00. The molecule has 0 N–H and O–H groups in total. The summed E-state index contributed by atoms with van der Waals surface area (Å²) < 4.78 is 7.72. The van der Waals surface area contributed by atoms with E-state index in [1.165, 1.54) is 12.5 Å². The van der Waals surface area contributed by atoms with Crippen LogP contribution in [0.5, 0.6) is 0 Å². The highest BCUT2D eigenvalue weighted by Crippen LogP contribution is 2.61. The third-order valence-corrected chi connectivity index (χ3v) is 22.3. The normalized spacial score (nSPS) is 27.8. The fraction of sp³-hybridized carbons (Fsp3) is 0.652. The SMILES string of the molecule is CC1=C(C)C[Si@@](O[Si](C)(C)C)(C(C)(C)C)[C@@](c2ccccc2)([Si](C)(C)C)C1. The molecule has 0 radical (unpaired) electrons. The summed E-state index contributed by atoms with van der Waals surface area (Å²) in [5.41, 5.74) is 4.75. The van der Waals surface area contributed by atoms with Gasteiger partial charge < -0.3 is 4.12 Å². The highest BCUT2D eigenvalue weighted by Gasteiger charge is 2.68. The Bertz CT molecular complexity index is 704. The van der Waals surface area contributed by atoms with E-state index in [4.69, 9.17) is 4.12 Å². The predicted octanol–water partition coefficient (Wildman–Crippen LogP) is 7.68. The molecule has 0 aliphatic carbocycles. The second-order valence-electron chi connectivity index (χ2n) is 11.7. The number of hydrogen-bond donors (Lipinski definition) is 0. The maximum Gasteiger partial charge on any atom is 0.197 e.